The zero-order valence-corrected chi connectivity index (χ0v) is 32.8. The molecule has 292 valence electrons. The van der Waals surface area contributed by atoms with Crippen LogP contribution in [0.15, 0.2) is 60.9 Å². The molecular weight excluding hydrogens is 701 g/mol. The summed E-state index contributed by atoms with van der Waals surface area (Å²) in [6.07, 6.45) is 15.4. The minimum Gasteiger partial charge on any atom is -0.480 e. The SMILES string of the molecule is Cc1c(CC(=O)c2cc(C3CC3)c(CN3CCCC[C@H]3C(=O)O)cn2)cccc1-c1cccc(NC(=O)c2cc(C3CC3)c(CCC3CCOCC3)cn2)c1C. The van der Waals surface area contributed by atoms with Gasteiger partial charge in [-0.3, -0.25) is 29.3 Å². The number of aromatic nitrogens is 2. The molecule has 0 unspecified atom stereocenters. The molecule has 0 bridgehead atoms. The Labute approximate surface area is 330 Å². The van der Waals surface area contributed by atoms with E-state index in [2.05, 4.69) is 39.2 Å². The van der Waals surface area contributed by atoms with Gasteiger partial charge in [-0.1, -0.05) is 36.8 Å². The van der Waals surface area contributed by atoms with Crippen molar-refractivity contribution < 1.29 is 24.2 Å². The van der Waals surface area contributed by atoms with Gasteiger partial charge in [0.25, 0.3) is 5.91 Å². The second-order valence-electron chi connectivity index (χ2n) is 16.6. The number of aliphatic carboxylic acids is 1. The van der Waals surface area contributed by atoms with E-state index in [9.17, 15) is 19.5 Å². The van der Waals surface area contributed by atoms with Gasteiger partial charge in [-0.15, -0.1) is 0 Å². The van der Waals surface area contributed by atoms with Gasteiger partial charge in [0.15, 0.2) is 5.78 Å². The molecule has 2 saturated heterocycles. The van der Waals surface area contributed by atoms with E-state index in [0.717, 1.165) is 116 Å². The van der Waals surface area contributed by atoms with Crippen molar-refractivity contribution in [1.82, 2.24) is 14.9 Å². The summed E-state index contributed by atoms with van der Waals surface area (Å²) in [5.41, 5.74) is 11.3. The first-order valence-corrected chi connectivity index (χ1v) is 20.8. The average molecular weight is 755 g/mol. The number of likely N-dealkylation sites (tertiary alicyclic amines) is 1. The van der Waals surface area contributed by atoms with Crippen molar-refractivity contribution in [3.8, 4) is 11.1 Å². The van der Waals surface area contributed by atoms with Crippen molar-refractivity contribution in [3.05, 3.63) is 111 Å². The van der Waals surface area contributed by atoms with Gasteiger partial charge in [0.05, 0.1) is 0 Å². The third-order valence-electron chi connectivity index (χ3n) is 12.7. The summed E-state index contributed by atoms with van der Waals surface area (Å²) in [7, 11) is 0. The van der Waals surface area contributed by atoms with Gasteiger partial charge >= 0.3 is 5.97 Å². The van der Waals surface area contributed by atoms with Crippen molar-refractivity contribution in [2.24, 2.45) is 5.92 Å². The number of anilines is 1. The third kappa shape index (κ3) is 8.64. The van der Waals surface area contributed by atoms with Gasteiger partial charge in [-0.05, 0) is 171 Å². The van der Waals surface area contributed by atoms with Crippen LogP contribution in [0.5, 0.6) is 0 Å². The van der Waals surface area contributed by atoms with E-state index in [1.165, 1.54) is 24.0 Å². The molecule has 0 spiro atoms. The number of ketones is 1. The van der Waals surface area contributed by atoms with E-state index in [0.29, 0.717) is 42.1 Å². The number of aryl methyl sites for hydroxylation is 1. The van der Waals surface area contributed by atoms with Crippen LogP contribution in [0.1, 0.15) is 136 Å². The molecule has 2 N–H and O–H groups in total. The highest BCUT2D eigenvalue weighted by molar-refractivity contribution is 6.04. The monoisotopic (exact) mass is 754 g/mol. The summed E-state index contributed by atoms with van der Waals surface area (Å²) in [5, 5.41) is 13.0. The summed E-state index contributed by atoms with van der Waals surface area (Å²) in [5.74, 6) is 0.608. The van der Waals surface area contributed by atoms with E-state index in [-0.39, 0.29) is 18.1 Å². The van der Waals surface area contributed by atoms with Gasteiger partial charge < -0.3 is 15.2 Å². The predicted octanol–water partition coefficient (Wildman–Crippen LogP) is 8.99. The van der Waals surface area contributed by atoms with Crippen molar-refractivity contribution >= 4 is 23.3 Å². The first-order chi connectivity index (χ1) is 27.2. The van der Waals surface area contributed by atoms with Gasteiger partial charge in [0, 0.05) is 44.3 Å². The summed E-state index contributed by atoms with van der Waals surface area (Å²) in [6, 6.07) is 15.6. The molecule has 1 amide bonds. The number of hydrogen-bond donors (Lipinski definition) is 2. The van der Waals surface area contributed by atoms with Crippen molar-refractivity contribution in [3.63, 3.8) is 0 Å². The summed E-state index contributed by atoms with van der Waals surface area (Å²) < 4.78 is 5.55. The predicted molar refractivity (Wildman–Crippen MR) is 217 cm³/mol. The number of Topliss-reactive ketones (excluding diaryl/α,β-unsaturated/α-hetero) is 1. The highest BCUT2D eigenvalue weighted by Crippen LogP contribution is 2.44. The Morgan fingerprint density at radius 1 is 0.786 bits per heavy atom. The minimum atomic E-state index is -0.765. The summed E-state index contributed by atoms with van der Waals surface area (Å²) >= 11 is 0. The van der Waals surface area contributed by atoms with Gasteiger partial charge in [-0.25, -0.2) is 0 Å². The maximum atomic E-state index is 13.8. The molecule has 2 aliphatic carbocycles. The Bertz CT molecular complexity index is 2120. The molecular formula is C47H54N4O5. The standard InChI is InChI=1S/C47H54N4O5/c1-29-34(23-45(52)42-24-40(33-16-17-33)36(27-48-42)28-51-20-4-3-11-44(51)47(54)55)7-5-8-37(29)38-9-6-10-41(30(38)2)50-46(53)43-25-39(32-14-15-32)35(26-49-43)13-12-31-18-21-56-22-19-31/h5-10,24-27,31-33,44H,3-4,11-23,28H2,1-2H3,(H,50,53)(H,54,55)/t44-/m0/s1. The Hall–Kier alpha value is -4.73. The Morgan fingerprint density at radius 2 is 1.45 bits per heavy atom. The molecule has 0 radical (unpaired) electrons. The maximum absolute atomic E-state index is 13.8. The third-order valence-corrected chi connectivity index (χ3v) is 12.7. The second-order valence-corrected chi connectivity index (χ2v) is 16.6. The van der Waals surface area contributed by atoms with Gasteiger partial charge in [0.1, 0.15) is 17.4 Å². The van der Waals surface area contributed by atoms with E-state index in [1.54, 1.807) is 0 Å². The molecule has 8 rings (SSSR count). The Balaban J connectivity index is 0.965. The molecule has 2 aromatic heterocycles. The summed E-state index contributed by atoms with van der Waals surface area (Å²) in [4.78, 5) is 50.8. The van der Waals surface area contributed by atoms with Crippen LogP contribution in [0.2, 0.25) is 0 Å². The molecule has 4 heterocycles. The van der Waals surface area contributed by atoms with E-state index in [1.807, 2.05) is 55.7 Å². The van der Waals surface area contributed by atoms with E-state index in [4.69, 9.17) is 4.74 Å². The summed E-state index contributed by atoms with van der Waals surface area (Å²) in [6.45, 7) is 7.10. The molecule has 2 aliphatic heterocycles. The fraction of sp³-hybridized carbons (Fsp3) is 0.468. The van der Waals surface area contributed by atoms with E-state index < -0.39 is 12.0 Å². The quantitative estimate of drug-likeness (QED) is 0.122. The van der Waals surface area contributed by atoms with Crippen LogP contribution in [-0.4, -0.2) is 63.4 Å². The molecule has 2 saturated carbocycles. The molecule has 9 nitrogen and oxygen atoms in total. The average Bonchev–Trinajstić information content (AvgIpc) is 4.15. The highest BCUT2D eigenvalue weighted by atomic mass is 16.5. The maximum Gasteiger partial charge on any atom is 0.320 e. The molecule has 56 heavy (non-hydrogen) atoms. The highest BCUT2D eigenvalue weighted by Gasteiger charge is 2.33. The smallest absolute Gasteiger partial charge is 0.320 e. The largest absolute Gasteiger partial charge is 0.480 e. The Kier molecular flexibility index (Phi) is 11.4. The lowest BCUT2D eigenvalue weighted by Gasteiger charge is -2.33. The van der Waals surface area contributed by atoms with Crippen LogP contribution in [0.3, 0.4) is 0 Å². The van der Waals surface area contributed by atoms with Gasteiger partial charge in [-0.2, -0.15) is 0 Å². The number of carboxylic acid groups (broad SMARTS) is 1. The van der Waals surface area contributed by atoms with E-state index >= 15 is 0 Å². The lowest BCUT2D eigenvalue weighted by atomic mass is 9.90. The lowest BCUT2D eigenvalue weighted by Crippen LogP contribution is -2.44. The molecule has 4 aliphatic rings. The number of carbonyl (C=O) groups excluding carboxylic acids is 2. The molecule has 9 heteroatoms. The molecule has 4 aromatic rings. The van der Waals surface area contributed by atoms with Gasteiger partial charge in [0.2, 0.25) is 0 Å². The number of nitrogens with one attached hydrogen (secondary N) is 1. The van der Waals surface area contributed by atoms with Crippen LogP contribution in [-0.2, 0) is 28.9 Å². The molecule has 4 fully saturated rings. The fourth-order valence-corrected chi connectivity index (χ4v) is 8.92. The molecule has 1 atom stereocenters. The zero-order chi connectivity index (χ0) is 38.8. The number of nitrogens with zero attached hydrogens (tertiary/aromatic N) is 3. The first-order valence-electron chi connectivity index (χ1n) is 20.8. The molecule has 2 aromatic carbocycles. The van der Waals surface area contributed by atoms with Crippen molar-refractivity contribution in [1.29, 1.82) is 0 Å². The number of rotatable bonds is 14. The first kappa shape index (κ1) is 38.2. The number of benzene rings is 2. The number of hydrogen-bond acceptors (Lipinski definition) is 7. The number of piperidine rings is 1. The second kappa shape index (κ2) is 16.8. The zero-order valence-electron chi connectivity index (χ0n) is 32.8. The van der Waals surface area contributed by atoms with Crippen LogP contribution < -0.4 is 5.32 Å². The van der Waals surface area contributed by atoms with Crippen molar-refractivity contribution in [2.45, 2.75) is 115 Å². The number of carbonyl (C=O) groups is 3. The normalized spacial score (nSPS) is 19.1. The topological polar surface area (TPSA) is 122 Å². The number of amides is 1. The van der Waals surface area contributed by atoms with Crippen LogP contribution >= 0.6 is 0 Å². The fourth-order valence-electron chi connectivity index (χ4n) is 8.92. The number of carboxylic acids is 1. The number of pyridine rings is 2. The van der Waals surface area contributed by atoms with Crippen LogP contribution in [0.4, 0.5) is 5.69 Å². The minimum absolute atomic E-state index is 0.0366. The van der Waals surface area contributed by atoms with Crippen molar-refractivity contribution in [2.75, 3.05) is 25.1 Å². The number of ether oxygens (including phenoxy) is 1. The van der Waals surface area contributed by atoms with Crippen LogP contribution in [0, 0.1) is 19.8 Å². The Morgan fingerprint density at radius 3 is 2.18 bits per heavy atom. The van der Waals surface area contributed by atoms with Crippen LogP contribution in [0.25, 0.3) is 11.1 Å². The lowest BCUT2D eigenvalue weighted by molar-refractivity contribution is -0.144.